The van der Waals surface area contributed by atoms with E-state index in [1.165, 1.54) is 59.2 Å². The van der Waals surface area contributed by atoms with Crippen LogP contribution >= 0.6 is 0 Å². The van der Waals surface area contributed by atoms with Crippen molar-refractivity contribution in [2.24, 2.45) is 64.6 Å². The third kappa shape index (κ3) is 0.349. The Hall–Kier alpha value is 0. The molecule has 0 N–H and O–H groups in total. The summed E-state index contributed by atoms with van der Waals surface area (Å²) < 4.78 is 0. The van der Waals surface area contributed by atoms with Gasteiger partial charge in [-0.15, -0.1) is 0 Å². The van der Waals surface area contributed by atoms with E-state index in [0.717, 1.165) is 5.41 Å². The highest BCUT2D eigenvalue weighted by Crippen LogP contribution is 2.97. The second-order valence-corrected chi connectivity index (χ2v) is 8.22. The van der Waals surface area contributed by atoms with Crippen LogP contribution in [0, 0.1) is 64.6 Å². The second kappa shape index (κ2) is 1.48. The Morgan fingerprint density at radius 2 is 1.53 bits per heavy atom. The SMILES string of the molecule is C1C2CC3CC4C[C@H]5C6C7C1C2C37C6[C@@H]45. The molecular weight excluding hydrogens is 180 g/mol. The first-order valence-corrected chi connectivity index (χ1v) is 7.42. The number of hydrogen-bond donors (Lipinski definition) is 0. The van der Waals surface area contributed by atoms with Gasteiger partial charge in [0.05, 0.1) is 0 Å². The van der Waals surface area contributed by atoms with Gasteiger partial charge in [-0.25, -0.2) is 0 Å². The molecule has 0 radical (unpaired) electrons. The van der Waals surface area contributed by atoms with Crippen LogP contribution in [-0.4, -0.2) is 0 Å². The average molecular weight is 198 g/mol. The molecule has 7 aliphatic carbocycles. The van der Waals surface area contributed by atoms with E-state index in [1.807, 2.05) is 0 Å². The molecule has 0 saturated heterocycles. The van der Waals surface area contributed by atoms with Gasteiger partial charge in [0.2, 0.25) is 0 Å². The van der Waals surface area contributed by atoms with E-state index in [1.54, 1.807) is 25.7 Å². The van der Waals surface area contributed by atoms with Crippen LogP contribution in [0.4, 0.5) is 0 Å². The summed E-state index contributed by atoms with van der Waals surface area (Å²) in [6.45, 7) is 0. The Labute approximate surface area is 90.8 Å². The van der Waals surface area contributed by atoms with Crippen LogP contribution < -0.4 is 0 Å². The Morgan fingerprint density at radius 3 is 2.53 bits per heavy atom. The molecule has 15 heavy (non-hydrogen) atoms. The molecule has 7 fully saturated rings. The largest absolute Gasteiger partial charge is 0.0467 e. The van der Waals surface area contributed by atoms with Crippen molar-refractivity contribution in [3.8, 4) is 0 Å². The maximum Gasteiger partial charge on any atom is -0.0167 e. The minimum atomic E-state index is 1.04. The minimum Gasteiger partial charge on any atom is -0.0467 e. The standard InChI is InChI=1S/C15H18/c1-5-3-8-10(5)14-11(8)13-9-4-6-2-7(1)15(13,14)12(6)9/h5-14H,1-4H2/t5?,6?,7?,8-,9?,10+,11?,12?,13?,14?,15?/m1/s1. The summed E-state index contributed by atoms with van der Waals surface area (Å²) in [5, 5.41) is 0. The number of hydrogen-bond acceptors (Lipinski definition) is 0. The van der Waals surface area contributed by atoms with Crippen LogP contribution in [0.2, 0.25) is 0 Å². The molecule has 0 heterocycles. The summed E-state index contributed by atoms with van der Waals surface area (Å²) in [6, 6.07) is 0. The molecule has 78 valence electrons. The molecular formula is C15H18. The van der Waals surface area contributed by atoms with Crippen molar-refractivity contribution in [1.29, 1.82) is 0 Å². The van der Waals surface area contributed by atoms with E-state index in [4.69, 9.17) is 0 Å². The molecule has 0 aromatic heterocycles. The van der Waals surface area contributed by atoms with Gasteiger partial charge in [0, 0.05) is 0 Å². The van der Waals surface area contributed by atoms with Crippen LogP contribution in [0.5, 0.6) is 0 Å². The van der Waals surface area contributed by atoms with Crippen molar-refractivity contribution in [1.82, 2.24) is 0 Å². The minimum absolute atomic E-state index is 1.04. The van der Waals surface area contributed by atoms with Crippen molar-refractivity contribution in [3.05, 3.63) is 0 Å². The lowest BCUT2D eigenvalue weighted by molar-refractivity contribution is -0.457. The zero-order valence-electron chi connectivity index (χ0n) is 9.10. The van der Waals surface area contributed by atoms with E-state index >= 15 is 0 Å². The van der Waals surface area contributed by atoms with Crippen LogP contribution in [0.25, 0.3) is 0 Å². The molecule has 0 aliphatic heterocycles. The molecule has 1 spiro atoms. The Bertz CT molecular complexity index is 408. The lowest BCUT2D eigenvalue weighted by Gasteiger charge is -2.92. The van der Waals surface area contributed by atoms with Crippen LogP contribution in [0.15, 0.2) is 0 Å². The molecule has 0 nitrogen and oxygen atoms in total. The van der Waals surface area contributed by atoms with E-state index in [0.29, 0.717) is 0 Å². The second-order valence-electron chi connectivity index (χ2n) is 8.22. The summed E-state index contributed by atoms with van der Waals surface area (Å²) in [4.78, 5) is 0. The number of fused-ring (bicyclic) bond motifs is 3. The highest BCUT2D eigenvalue weighted by molar-refractivity contribution is 5.40. The normalized spacial score (nSPS) is 91.2. The quantitative estimate of drug-likeness (QED) is 0.561. The lowest BCUT2D eigenvalue weighted by atomic mass is 9.12. The average Bonchev–Trinajstić information content (AvgIpc) is 2.33. The van der Waals surface area contributed by atoms with Gasteiger partial charge >= 0.3 is 0 Å². The first kappa shape index (κ1) is 6.67. The summed E-state index contributed by atoms with van der Waals surface area (Å²) >= 11 is 0. The highest BCUT2D eigenvalue weighted by Gasteiger charge is 2.93. The Balaban J connectivity index is 1.54. The van der Waals surface area contributed by atoms with Gasteiger partial charge in [0.15, 0.2) is 0 Å². The van der Waals surface area contributed by atoms with Crippen molar-refractivity contribution in [3.63, 3.8) is 0 Å². The molecule has 7 rings (SSSR count). The van der Waals surface area contributed by atoms with Gasteiger partial charge < -0.3 is 0 Å². The molecule has 0 aromatic rings. The predicted molar refractivity (Wildman–Crippen MR) is 55.8 cm³/mol. The van der Waals surface area contributed by atoms with Crippen LogP contribution in [0.3, 0.4) is 0 Å². The summed E-state index contributed by atoms with van der Waals surface area (Å²) in [5.74, 6) is 12.8. The van der Waals surface area contributed by atoms with Crippen LogP contribution in [0.1, 0.15) is 25.7 Å². The van der Waals surface area contributed by atoms with Crippen molar-refractivity contribution < 1.29 is 0 Å². The zero-order chi connectivity index (χ0) is 9.10. The first-order chi connectivity index (χ1) is 7.42. The molecule has 0 heteroatoms. The van der Waals surface area contributed by atoms with E-state index in [9.17, 15) is 0 Å². The van der Waals surface area contributed by atoms with E-state index < -0.39 is 0 Å². The van der Waals surface area contributed by atoms with Crippen LogP contribution in [-0.2, 0) is 0 Å². The fourth-order valence-corrected chi connectivity index (χ4v) is 9.24. The van der Waals surface area contributed by atoms with E-state index in [-0.39, 0.29) is 0 Å². The lowest BCUT2D eigenvalue weighted by Crippen LogP contribution is -2.89. The molecule has 0 amide bonds. The van der Waals surface area contributed by atoms with E-state index in [2.05, 4.69) is 0 Å². The third-order valence-corrected chi connectivity index (χ3v) is 8.97. The molecule has 11 atom stereocenters. The monoisotopic (exact) mass is 198 g/mol. The fraction of sp³-hybridized carbons (Fsp3) is 1.00. The zero-order valence-corrected chi connectivity index (χ0v) is 9.10. The predicted octanol–water partition coefficient (Wildman–Crippen LogP) is 2.79. The first-order valence-electron chi connectivity index (χ1n) is 7.42. The van der Waals surface area contributed by atoms with Crippen molar-refractivity contribution >= 4 is 0 Å². The fourth-order valence-electron chi connectivity index (χ4n) is 9.24. The van der Waals surface area contributed by atoms with Gasteiger partial charge in [-0.3, -0.25) is 0 Å². The van der Waals surface area contributed by atoms with Gasteiger partial charge in [0.1, 0.15) is 0 Å². The van der Waals surface area contributed by atoms with Gasteiger partial charge in [-0.2, -0.15) is 0 Å². The number of rotatable bonds is 0. The maximum absolute atomic E-state index is 1.70. The molecule has 9 unspecified atom stereocenters. The smallest absolute Gasteiger partial charge is 0.0167 e. The Morgan fingerprint density at radius 1 is 0.667 bits per heavy atom. The Kier molecular flexibility index (Phi) is 0.657. The van der Waals surface area contributed by atoms with Crippen molar-refractivity contribution in [2.75, 3.05) is 0 Å². The van der Waals surface area contributed by atoms with Gasteiger partial charge in [-0.05, 0) is 90.3 Å². The highest BCUT2D eigenvalue weighted by atomic mass is 15.0. The third-order valence-electron chi connectivity index (χ3n) is 8.97. The summed E-state index contributed by atoms with van der Waals surface area (Å²) in [5.41, 5.74) is 1.04. The van der Waals surface area contributed by atoms with Gasteiger partial charge in [0.25, 0.3) is 0 Å². The maximum atomic E-state index is 1.70. The topological polar surface area (TPSA) is 0 Å². The van der Waals surface area contributed by atoms with Gasteiger partial charge in [-0.1, -0.05) is 0 Å². The molecule has 0 aromatic carbocycles. The van der Waals surface area contributed by atoms with Crippen molar-refractivity contribution in [2.45, 2.75) is 25.7 Å². The summed E-state index contributed by atoms with van der Waals surface area (Å²) in [6.07, 6.45) is 6.74. The molecule has 7 aliphatic rings. The molecule has 7 saturated carbocycles. The summed E-state index contributed by atoms with van der Waals surface area (Å²) in [7, 11) is 0. The molecule has 0 bridgehead atoms.